The van der Waals surface area contributed by atoms with Gasteiger partial charge < -0.3 is 19.5 Å². The molecule has 0 spiro atoms. The molecule has 3 aromatic carbocycles. The maximum absolute atomic E-state index is 15.2. The number of nitriles is 3. The lowest BCUT2D eigenvalue weighted by molar-refractivity contribution is 0.0681. The zero-order valence-electron chi connectivity index (χ0n) is 30.5. The summed E-state index contributed by atoms with van der Waals surface area (Å²) in [6.45, 7) is 5.71. The topological polar surface area (TPSA) is 113 Å². The molecule has 1 N–H and O–H groups in total. The molecule has 1 atom stereocenters. The highest BCUT2D eigenvalue weighted by atomic mass is 32.1. The first-order valence-corrected chi connectivity index (χ1v) is 18.6. The number of ether oxygens (including phenoxy) is 2. The van der Waals surface area contributed by atoms with E-state index >= 15 is 8.78 Å². The molecule has 1 aliphatic rings. The first-order chi connectivity index (χ1) is 26.6. The third-order valence-corrected chi connectivity index (χ3v) is 10.1. The monoisotopic (exact) mass is 760 g/mol. The summed E-state index contributed by atoms with van der Waals surface area (Å²) >= 11 is 1.41. The van der Waals surface area contributed by atoms with Gasteiger partial charge in [-0.3, -0.25) is 0 Å². The number of halogens is 3. The van der Waals surface area contributed by atoms with E-state index in [-0.39, 0.29) is 17.8 Å². The molecule has 0 radical (unpaired) electrons. The van der Waals surface area contributed by atoms with Crippen molar-refractivity contribution >= 4 is 35.3 Å². The Bertz CT molecular complexity index is 2220. The number of hydrogen-bond acceptors (Lipinski definition) is 8. The van der Waals surface area contributed by atoms with Crippen LogP contribution in [0.3, 0.4) is 0 Å². The summed E-state index contributed by atoms with van der Waals surface area (Å²) in [6, 6.07) is 26.1. The largest absolute Gasteiger partial charge is 0.488 e. The number of unbranched alkanes of at least 4 members (excludes halogenated alkanes) is 2. The molecule has 2 heterocycles. The third kappa shape index (κ3) is 9.55. The van der Waals surface area contributed by atoms with Gasteiger partial charge in [-0.25, -0.2) is 13.2 Å². The van der Waals surface area contributed by atoms with Crippen LogP contribution in [0.1, 0.15) is 66.0 Å². The molecule has 55 heavy (non-hydrogen) atoms. The van der Waals surface area contributed by atoms with Crippen LogP contribution < -0.4 is 9.64 Å². The van der Waals surface area contributed by atoms with Crippen molar-refractivity contribution in [3.63, 3.8) is 0 Å². The summed E-state index contributed by atoms with van der Waals surface area (Å²) < 4.78 is 56.5. The lowest BCUT2D eigenvalue weighted by Crippen LogP contribution is -2.27. The Morgan fingerprint density at radius 1 is 0.873 bits per heavy atom. The predicted molar refractivity (Wildman–Crippen MR) is 209 cm³/mol. The van der Waals surface area contributed by atoms with Crippen LogP contribution in [0.4, 0.5) is 18.9 Å². The zero-order valence-corrected chi connectivity index (χ0v) is 31.3. The number of rotatable bonds is 16. The average molecular weight is 761 g/mol. The van der Waals surface area contributed by atoms with Gasteiger partial charge in [0.2, 0.25) is 0 Å². The summed E-state index contributed by atoms with van der Waals surface area (Å²) in [6.07, 6.45) is 10.7. The van der Waals surface area contributed by atoms with Gasteiger partial charge in [-0.2, -0.15) is 15.8 Å². The van der Waals surface area contributed by atoms with Crippen LogP contribution in [0.25, 0.3) is 18.2 Å². The summed E-state index contributed by atoms with van der Waals surface area (Å²) in [7, 11) is 0. The van der Waals surface area contributed by atoms with Crippen molar-refractivity contribution < 1.29 is 27.8 Å². The highest BCUT2D eigenvalue weighted by molar-refractivity contribution is 7.13. The van der Waals surface area contributed by atoms with Gasteiger partial charge >= 0.3 is 0 Å². The van der Waals surface area contributed by atoms with E-state index < -0.39 is 39.9 Å². The van der Waals surface area contributed by atoms with Crippen LogP contribution in [0, 0.1) is 51.4 Å². The summed E-state index contributed by atoms with van der Waals surface area (Å²) in [5.41, 5.74) is -0.538. The lowest BCUT2D eigenvalue weighted by atomic mass is 9.85. The van der Waals surface area contributed by atoms with Gasteiger partial charge in [-0.15, -0.1) is 11.3 Å². The summed E-state index contributed by atoms with van der Waals surface area (Å²) in [5.74, 6) is -3.34. The third-order valence-electron chi connectivity index (χ3n) is 9.07. The van der Waals surface area contributed by atoms with Gasteiger partial charge in [0.25, 0.3) is 0 Å². The molecule has 0 aliphatic carbocycles. The van der Waals surface area contributed by atoms with Gasteiger partial charge in [0, 0.05) is 64.5 Å². The molecule has 0 saturated heterocycles. The first kappa shape index (κ1) is 40.1. The van der Waals surface area contributed by atoms with Crippen LogP contribution in [0.2, 0.25) is 0 Å². The van der Waals surface area contributed by atoms with Crippen molar-refractivity contribution in [1.82, 2.24) is 0 Å². The van der Waals surface area contributed by atoms with E-state index in [1.165, 1.54) is 24.3 Å². The SMILES string of the molecule is CCCCN(CCCCO)c1ccc(/C=C/c2ccc(/C=C/C3=C(C#N)C(=C(C#N)C#N)OC3(C)c3c(F)cc(F)cc3F)s2)c(OCc2ccccc2)c1. The number of nitrogens with zero attached hydrogens (tertiary/aromatic N) is 4. The van der Waals surface area contributed by atoms with E-state index in [1.807, 2.05) is 66.8 Å². The molecule has 0 bridgehead atoms. The quantitative estimate of drug-likeness (QED) is 0.0893. The summed E-state index contributed by atoms with van der Waals surface area (Å²) in [5, 5.41) is 38.5. The summed E-state index contributed by atoms with van der Waals surface area (Å²) in [4.78, 5) is 3.92. The van der Waals surface area contributed by atoms with Crippen LogP contribution in [0.5, 0.6) is 5.75 Å². The average Bonchev–Trinajstić information content (AvgIpc) is 3.75. The number of benzene rings is 3. The van der Waals surface area contributed by atoms with Gasteiger partial charge in [-0.1, -0.05) is 49.8 Å². The Morgan fingerprint density at radius 2 is 1.55 bits per heavy atom. The Hall–Kier alpha value is -6.06. The van der Waals surface area contributed by atoms with Crippen LogP contribution in [0.15, 0.2) is 101 Å². The van der Waals surface area contributed by atoms with Crippen molar-refractivity contribution in [2.24, 2.45) is 0 Å². The molecule has 5 rings (SSSR count). The van der Waals surface area contributed by atoms with Crippen LogP contribution in [-0.4, -0.2) is 24.8 Å². The maximum Gasteiger partial charge on any atom is 0.172 e. The molecule has 7 nitrogen and oxygen atoms in total. The molecule has 0 amide bonds. The number of aliphatic hydroxyl groups excluding tert-OH is 1. The molecule has 1 aliphatic heterocycles. The number of aliphatic hydroxyl groups is 1. The molecular formula is C44H39F3N4O3S. The fourth-order valence-electron chi connectivity index (χ4n) is 6.25. The van der Waals surface area contributed by atoms with E-state index in [1.54, 1.807) is 18.2 Å². The second kappa shape index (κ2) is 18.8. The van der Waals surface area contributed by atoms with Crippen molar-refractivity contribution in [3.05, 3.63) is 145 Å². The smallest absolute Gasteiger partial charge is 0.172 e. The predicted octanol–water partition coefficient (Wildman–Crippen LogP) is 10.4. The minimum absolute atomic E-state index is 0.00691. The number of hydrogen-bond donors (Lipinski definition) is 1. The maximum atomic E-state index is 15.2. The van der Waals surface area contributed by atoms with Crippen molar-refractivity contribution in [1.29, 1.82) is 15.8 Å². The minimum Gasteiger partial charge on any atom is -0.488 e. The Kier molecular flexibility index (Phi) is 13.7. The Balaban J connectivity index is 1.47. The molecular weight excluding hydrogens is 722 g/mol. The van der Waals surface area contributed by atoms with Crippen molar-refractivity contribution in [2.45, 2.75) is 51.7 Å². The number of anilines is 1. The molecule has 0 saturated carbocycles. The van der Waals surface area contributed by atoms with E-state index in [4.69, 9.17) is 9.47 Å². The minimum atomic E-state index is -2.01. The fourth-order valence-corrected chi connectivity index (χ4v) is 7.06. The molecule has 0 fully saturated rings. The molecule has 11 heteroatoms. The Labute approximate surface area is 323 Å². The molecule has 4 aromatic rings. The molecule has 1 aromatic heterocycles. The normalized spacial score (nSPS) is 15.2. The highest BCUT2D eigenvalue weighted by Gasteiger charge is 2.47. The van der Waals surface area contributed by atoms with E-state index in [2.05, 4.69) is 24.0 Å². The standard InChI is InChI=1S/C44H39F3N4O3S/c1-3-4-20-51(21-8-9-22-52)34-14-12-31(41(25-34)53-29-30-10-6-5-7-11-30)13-15-35-16-17-36(55-35)18-19-38-37(28-50)43(32(26-48)27-49)54-44(38,2)42-39(46)23-33(45)24-40(42)47/h5-7,10-19,23-25,52H,3-4,8-9,20-22,29H2,1-2H3/b15-13+,19-18+. The number of allylic oxidation sites excluding steroid dienone is 2. The van der Waals surface area contributed by atoms with Crippen LogP contribution >= 0.6 is 11.3 Å². The van der Waals surface area contributed by atoms with Gasteiger partial charge in [0.05, 0.1) is 5.56 Å². The van der Waals surface area contributed by atoms with Gasteiger partial charge in [-0.05, 0) is 74.2 Å². The molecule has 1 unspecified atom stereocenters. The van der Waals surface area contributed by atoms with Gasteiger partial charge in [0.15, 0.2) is 16.9 Å². The van der Waals surface area contributed by atoms with Crippen LogP contribution in [-0.2, 0) is 16.9 Å². The van der Waals surface area contributed by atoms with Gasteiger partial charge in [0.1, 0.15) is 53.6 Å². The van der Waals surface area contributed by atoms with E-state index in [0.29, 0.717) is 24.5 Å². The zero-order chi connectivity index (χ0) is 39.4. The van der Waals surface area contributed by atoms with Crippen molar-refractivity contribution in [2.75, 3.05) is 24.6 Å². The number of thiophene rings is 1. The van der Waals surface area contributed by atoms with Crippen molar-refractivity contribution in [3.8, 4) is 24.0 Å². The van der Waals surface area contributed by atoms with E-state index in [0.717, 1.165) is 65.3 Å². The molecule has 280 valence electrons. The van der Waals surface area contributed by atoms with E-state index in [9.17, 15) is 25.3 Å². The highest BCUT2D eigenvalue weighted by Crippen LogP contribution is 2.48. The first-order valence-electron chi connectivity index (χ1n) is 17.8. The fraction of sp³-hybridized carbons (Fsp3) is 0.250. The lowest BCUT2D eigenvalue weighted by Gasteiger charge is -2.28. The Morgan fingerprint density at radius 3 is 2.18 bits per heavy atom. The second-order valence-corrected chi connectivity index (χ2v) is 14.0. The second-order valence-electron chi connectivity index (χ2n) is 12.9.